The summed E-state index contributed by atoms with van der Waals surface area (Å²) < 4.78 is 32.4. The molecule has 1 aromatic rings. The molecule has 4 nitrogen and oxygen atoms in total. The molecule has 0 aromatic heterocycles. The smallest absolute Gasteiger partial charge is 0.260 e. The van der Waals surface area contributed by atoms with Crippen LogP contribution in [-0.4, -0.2) is 44.1 Å². The molecular formula is C14H19ClF2N2O2. The van der Waals surface area contributed by atoms with Crippen molar-refractivity contribution in [2.45, 2.75) is 18.9 Å². The molecule has 1 atom stereocenters. The van der Waals surface area contributed by atoms with Crippen LogP contribution in [0.5, 0.6) is 5.75 Å². The summed E-state index contributed by atoms with van der Waals surface area (Å²) >= 11 is 0. The van der Waals surface area contributed by atoms with Gasteiger partial charge >= 0.3 is 0 Å². The van der Waals surface area contributed by atoms with E-state index in [1.165, 1.54) is 12.0 Å². The van der Waals surface area contributed by atoms with E-state index in [0.29, 0.717) is 13.1 Å². The van der Waals surface area contributed by atoms with Gasteiger partial charge in [0.05, 0.1) is 7.11 Å². The number of carbonyl (C=O) groups excluding carboxylic acids is 1. The van der Waals surface area contributed by atoms with Crippen molar-refractivity contribution >= 4 is 18.3 Å². The van der Waals surface area contributed by atoms with E-state index in [0.717, 1.165) is 25.0 Å². The molecule has 0 aliphatic carbocycles. The Morgan fingerprint density at radius 1 is 1.38 bits per heavy atom. The Hall–Kier alpha value is -1.40. The second kappa shape index (κ2) is 7.56. The number of methoxy groups -OCH3 is 1. The minimum absolute atomic E-state index is 0. The number of benzene rings is 1. The maximum absolute atomic E-state index is 13.9. The quantitative estimate of drug-likeness (QED) is 0.928. The van der Waals surface area contributed by atoms with E-state index in [2.05, 4.69) is 5.32 Å². The predicted molar refractivity (Wildman–Crippen MR) is 78.1 cm³/mol. The molecule has 0 bridgehead atoms. The number of hydrogen-bond donors (Lipinski definition) is 1. The molecule has 118 valence electrons. The molecular weight excluding hydrogens is 302 g/mol. The van der Waals surface area contributed by atoms with E-state index in [9.17, 15) is 13.6 Å². The van der Waals surface area contributed by atoms with Gasteiger partial charge in [0.2, 0.25) is 0 Å². The van der Waals surface area contributed by atoms with E-state index in [1.54, 1.807) is 0 Å². The average molecular weight is 321 g/mol. The highest BCUT2D eigenvalue weighted by molar-refractivity contribution is 5.97. The summed E-state index contributed by atoms with van der Waals surface area (Å²) in [5, 5.41) is 3.10. The summed E-state index contributed by atoms with van der Waals surface area (Å²) in [4.78, 5) is 14.0. The molecule has 1 fully saturated rings. The first-order chi connectivity index (χ1) is 9.58. The molecule has 1 heterocycles. The molecule has 7 heteroatoms. The zero-order valence-corrected chi connectivity index (χ0v) is 12.8. The van der Waals surface area contributed by atoms with E-state index in [4.69, 9.17) is 4.74 Å². The van der Waals surface area contributed by atoms with Gasteiger partial charge in [0, 0.05) is 19.1 Å². The van der Waals surface area contributed by atoms with E-state index in [-0.39, 0.29) is 29.8 Å². The Morgan fingerprint density at radius 2 is 2.05 bits per heavy atom. The summed E-state index contributed by atoms with van der Waals surface area (Å²) in [6, 6.07) is 2.08. The van der Waals surface area contributed by atoms with E-state index >= 15 is 0 Å². The number of likely N-dealkylation sites (N-methyl/N-ethyl adjacent to an activating group) is 1. The Balaban J connectivity index is 0.00000220. The van der Waals surface area contributed by atoms with Crippen molar-refractivity contribution < 1.29 is 18.3 Å². The number of nitrogens with zero attached hydrogens (tertiary/aromatic N) is 1. The summed E-state index contributed by atoms with van der Waals surface area (Å²) in [6.45, 7) is 1.02. The number of likely N-dealkylation sites (tertiary alicyclic amines) is 1. The molecule has 1 saturated heterocycles. The van der Waals surface area contributed by atoms with Crippen LogP contribution in [0.15, 0.2) is 12.1 Å². The number of halogens is 3. The van der Waals surface area contributed by atoms with Gasteiger partial charge in [-0.25, -0.2) is 8.78 Å². The van der Waals surface area contributed by atoms with Gasteiger partial charge in [0.15, 0.2) is 11.6 Å². The molecule has 1 aliphatic rings. The second-order valence-corrected chi connectivity index (χ2v) is 4.82. The molecule has 2 rings (SSSR count). The van der Waals surface area contributed by atoms with Crippen LogP contribution in [0, 0.1) is 11.6 Å². The van der Waals surface area contributed by atoms with Gasteiger partial charge in [0.25, 0.3) is 5.91 Å². The van der Waals surface area contributed by atoms with Gasteiger partial charge in [-0.2, -0.15) is 0 Å². The van der Waals surface area contributed by atoms with Crippen LogP contribution in [0.25, 0.3) is 0 Å². The normalized spacial score (nSPS) is 18.1. The molecule has 1 unspecified atom stereocenters. The first-order valence-electron chi connectivity index (χ1n) is 6.57. The molecule has 1 aliphatic heterocycles. The van der Waals surface area contributed by atoms with Crippen molar-refractivity contribution in [2.75, 3.05) is 27.2 Å². The lowest BCUT2D eigenvalue weighted by Gasteiger charge is -2.33. The number of hydrogen-bond acceptors (Lipinski definition) is 3. The van der Waals surface area contributed by atoms with Crippen LogP contribution in [0.4, 0.5) is 8.78 Å². The lowest BCUT2D eigenvalue weighted by molar-refractivity contribution is 0.0688. The highest BCUT2D eigenvalue weighted by Gasteiger charge is 2.29. The third-order valence-corrected chi connectivity index (χ3v) is 3.59. The number of ether oxygens (including phenoxy) is 1. The lowest BCUT2D eigenvalue weighted by Crippen LogP contribution is -2.47. The zero-order chi connectivity index (χ0) is 14.7. The fourth-order valence-corrected chi connectivity index (χ4v) is 2.49. The maximum Gasteiger partial charge on any atom is 0.260 e. The standard InChI is InChI=1S/C14H18F2N2O2.ClH/c1-17-9-4-3-7-18(8-9)14(19)12-10(15)5-6-11(16)13(12)20-2;/h5-6,9,17H,3-4,7-8H2,1-2H3;1H. The monoisotopic (exact) mass is 320 g/mol. The number of piperidine rings is 1. The predicted octanol–water partition coefficient (Wildman–Crippen LogP) is 2.22. The molecule has 1 aromatic carbocycles. The summed E-state index contributed by atoms with van der Waals surface area (Å²) in [5.41, 5.74) is -0.329. The van der Waals surface area contributed by atoms with Crippen molar-refractivity contribution in [1.82, 2.24) is 10.2 Å². The minimum Gasteiger partial charge on any atom is -0.493 e. The molecule has 21 heavy (non-hydrogen) atoms. The summed E-state index contributed by atoms with van der Waals surface area (Å²) in [5.74, 6) is -2.36. The largest absolute Gasteiger partial charge is 0.493 e. The Morgan fingerprint density at radius 3 is 2.67 bits per heavy atom. The van der Waals surface area contributed by atoms with Crippen molar-refractivity contribution in [1.29, 1.82) is 0 Å². The topological polar surface area (TPSA) is 41.6 Å². The number of amides is 1. The van der Waals surface area contributed by atoms with Crippen molar-refractivity contribution in [3.8, 4) is 5.75 Å². The minimum atomic E-state index is -0.764. The van der Waals surface area contributed by atoms with Gasteiger partial charge in [-0.05, 0) is 32.0 Å². The molecule has 1 N–H and O–H groups in total. The third-order valence-electron chi connectivity index (χ3n) is 3.59. The zero-order valence-electron chi connectivity index (χ0n) is 12.0. The molecule has 0 saturated carbocycles. The molecule has 1 amide bonds. The average Bonchev–Trinajstić information content (AvgIpc) is 2.48. The second-order valence-electron chi connectivity index (χ2n) is 4.82. The van der Waals surface area contributed by atoms with E-state index < -0.39 is 17.5 Å². The number of rotatable bonds is 3. The Labute approximate surface area is 128 Å². The first kappa shape index (κ1) is 17.7. The van der Waals surface area contributed by atoms with Crippen molar-refractivity contribution in [2.24, 2.45) is 0 Å². The van der Waals surface area contributed by atoms with Gasteiger partial charge in [-0.3, -0.25) is 4.79 Å². The highest BCUT2D eigenvalue weighted by atomic mass is 35.5. The fourth-order valence-electron chi connectivity index (χ4n) is 2.49. The van der Waals surface area contributed by atoms with Crippen LogP contribution in [0.2, 0.25) is 0 Å². The van der Waals surface area contributed by atoms with Gasteiger partial charge in [-0.15, -0.1) is 12.4 Å². The summed E-state index contributed by atoms with van der Waals surface area (Å²) in [6.07, 6.45) is 1.79. The van der Waals surface area contributed by atoms with E-state index in [1.807, 2.05) is 7.05 Å². The molecule has 0 radical (unpaired) electrons. The van der Waals surface area contributed by atoms with Crippen LogP contribution < -0.4 is 10.1 Å². The van der Waals surface area contributed by atoms with Crippen LogP contribution in [0.3, 0.4) is 0 Å². The first-order valence-corrected chi connectivity index (χ1v) is 6.57. The van der Waals surface area contributed by atoms with Crippen molar-refractivity contribution in [3.05, 3.63) is 29.3 Å². The van der Waals surface area contributed by atoms with Crippen LogP contribution in [0.1, 0.15) is 23.2 Å². The number of carbonyl (C=O) groups is 1. The van der Waals surface area contributed by atoms with Gasteiger partial charge < -0.3 is 15.0 Å². The Kier molecular flexibility index (Phi) is 6.36. The lowest BCUT2D eigenvalue weighted by atomic mass is 10.0. The molecule has 0 spiro atoms. The fraction of sp³-hybridized carbons (Fsp3) is 0.500. The SMILES string of the molecule is CNC1CCCN(C(=O)c2c(F)ccc(F)c2OC)C1.Cl. The van der Waals surface area contributed by atoms with Gasteiger partial charge in [0.1, 0.15) is 11.4 Å². The number of nitrogens with one attached hydrogen (secondary N) is 1. The summed E-state index contributed by atoms with van der Waals surface area (Å²) in [7, 11) is 3.04. The van der Waals surface area contributed by atoms with Crippen molar-refractivity contribution in [3.63, 3.8) is 0 Å². The third kappa shape index (κ3) is 3.63. The highest BCUT2D eigenvalue weighted by Crippen LogP contribution is 2.27. The Bertz CT molecular complexity index is 514. The van der Waals surface area contributed by atoms with Crippen LogP contribution in [-0.2, 0) is 0 Å². The van der Waals surface area contributed by atoms with Gasteiger partial charge in [-0.1, -0.05) is 0 Å². The maximum atomic E-state index is 13.9. The van der Waals surface area contributed by atoms with Crippen LogP contribution >= 0.6 is 12.4 Å².